The van der Waals surface area contributed by atoms with Crippen LogP contribution in [0.3, 0.4) is 0 Å². The molecule has 3 aromatic carbocycles. The van der Waals surface area contributed by atoms with Crippen LogP contribution in [0.1, 0.15) is 53.4 Å². The number of hydrogen-bond acceptors (Lipinski definition) is 2. The molecular weight excluding hydrogens is 380 g/mol. The van der Waals surface area contributed by atoms with E-state index in [2.05, 4.69) is 58.0 Å². The molecule has 0 fully saturated rings. The maximum atomic E-state index is 6.67. The van der Waals surface area contributed by atoms with Crippen molar-refractivity contribution in [1.82, 2.24) is 0 Å². The van der Waals surface area contributed by atoms with E-state index in [1.807, 2.05) is 12.1 Å². The summed E-state index contributed by atoms with van der Waals surface area (Å²) >= 11 is 6.67. The normalized spacial score (nSPS) is 11.7. The van der Waals surface area contributed by atoms with Gasteiger partial charge in [0, 0.05) is 21.5 Å². The quantitative estimate of drug-likeness (QED) is 0.246. The lowest BCUT2D eigenvalue weighted by molar-refractivity contribution is 0.299. The first-order chi connectivity index (χ1) is 14.0. The minimum absolute atomic E-state index is 0.678. The van der Waals surface area contributed by atoms with E-state index in [4.69, 9.17) is 21.1 Å². The highest BCUT2D eigenvalue weighted by atomic mass is 35.5. The van der Waals surface area contributed by atoms with Crippen LogP contribution in [-0.4, -0.2) is 13.2 Å². The molecule has 0 atom stereocenters. The molecule has 0 unspecified atom stereocenters. The second-order valence-electron chi connectivity index (χ2n) is 8.64. The molecule has 0 aliphatic heterocycles. The standard InChI is InChI=1S/C26H33ClO2/c1-18(2)10-8-16-28-25-20-12-5-6-13-21(20)26(29-17-9-11-19(3)4)24-22(25)14-7-15-23(24)27/h5-7,12-15,18-19H,8-11,16-17H2,1-4H3. The Bertz CT molecular complexity index is 946. The maximum Gasteiger partial charge on any atom is 0.136 e. The van der Waals surface area contributed by atoms with Crippen molar-refractivity contribution in [3.8, 4) is 11.5 Å². The largest absolute Gasteiger partial charge is 0.492 e. The van der Waals surface area contributed by atoms with E-state index in [1.165, 1.54) is 0 Å². The molecular formula is C26H33ClO2. The van der Waals surface area contributed by atoms with E-state index in [1.54, 1.807) is 0 Å². The third-order valence-electron chi connectivity index (χ3n) is 5.25. The molecule has 3 rings (SSSR count). The number of benzene rings is 3. The fourth-order valence-electron chi connectivity index (χ4n) is 3.74. The minimum atomic E-state index is 0.678. The predicted molar refractivity (Wildman–Crippen MR) is 126 cm³/mol. The van der Waals surface area contributed by atoms with Crippen molar-refractivity contribution < 1.29 is 9.47 Å². The van der Waals surface area contributed by atoms with Crippen LogP contribution in [0.2, 0.25) is 5.02 Å². The SMILES string of the molecule is CC(C)CCCOc1c2ccccc2c(OCCCC(C)C)c2c(Cl)cccc12. The molecule has 0 bridgehead atoms. The predicted octanol–water partition coefficient (Wildman–Crippen LogP) is 8.28. The van der Waals surface area contributed by atoms with E-state index in [-0.39, 0.29) is 0 Å². The molecule has 0 N–H and O–H groups in total. The molecule has 29 heavy (non-hydrogen) atoms. The number of hydrogen-bond donors (Lipinski definition) is 0. The molecule has 0 amide bonds. The molecule has 3 aromatic rings. The van der Waals surface area contributed by atoms with E-state index >= 15 is 0 Å². The Morgan fingerprint density at radius 3 is 1.79 bits per heavy atom. The van der Waals surface area contributed by atoms with E-state index in [0.29, 0.717) is 30.1 Å². The Kier molecular flexibility index (Phi) is 7.66. The third-order valence-corrected chi connectivity index (χ3v) is 5.56. The fraction of sp³-hybridized carbons (Fsp3) is 0.462. The molecule has 0 aliphatic carbocycles. The number of fused-ring (bicyclic) bond motifs is 2. The van der Waals surface area contributed by atoms with Gasteiger partial charge in [0.1, 0.15) is 11.5 Å². The summed E-state index contributed by atoms with van der Waals surface area (Å²) in [6.45, 7) is 10.4. The molecule has 0 spiro atoms. The van der Waals surface area contributed by atoms with Gasteiger partial charge in [-0.3, -0.25) is 0 Å². The van der Waals surface area contributed by atoms with Crippen molar-refractivity contribution in [3.05, 3.63) is 47.5 Å². The second kappa shape index (κ2) is 10.2. The first kappa shape index (κ1) is 21.8. The van der Waals surface area contributed by atoms with Crippen LogP contribution < -0.4 is 9.47 Å². The van der Waals surface area contributed by atoms with Crippen LogP contribution in [0.5, 0.6) is 11.5 Å². The van der Waals surface area contributed by atoms with Gasteiger partial charge in [-0.1, -0.05) is 75.7 Å². The van der Waals surface area contributed by atoms with Crippen molar-refractivity contribution in [2.24, 2.45) is 11.8 Å². The fourth-order valence-corrected chi connectivity index (χ4v) is 4.00. The monoisotopic (exact) mass is 412 g/mol. The van der Waals surface area contributed by atoms with Gasteiger partial charge in [-0.25, -0.2) is 0 Å². The molecule has 2 nitrogen and oxygen atoms in total. The van der Waals surface area contributed by atoms with E-state index < -0.39 is 0 Å². The van der Waals surface area contributed by atoms with Crippen LogP contribution >= 0.6 is 11.6 Å². The highest BCUT2D eigenvalue weighted by molar-refractivity contribution is 6.37. The van der Waals surface area contributed by atoms with E-state index in [9.17, 15) is 0 Å². The van der Waals surface area contributed by atoms with Gasteiger partial charge in [0.2, 0.25) is 0 Å². The summed E-state index contributed by atoms with van der Waals surface area (Å²) in [6, 6.07) is 14.3. The summed E-state index contributed by atoms with van der Waals surface area (Å²) in [5, 5.41) is 4.84. The molecule has 0 heterocycles. The van der Waals surface area contributed by atoms with Gasteiger partial charge in [0.05, 0.1) is 18.2 Å². The van der Waals surface area contributed by atoms with Crippen LogP contribution in [-0.2, 0) is 0 Å². The van der Waals surface area contributed by atoms with Crippen molar-refractivity contribution >= 4 is 33.1 Å². The Morgan fingerprint density at radius 1 is 0.690 bits per heavy atom. The van der Waals surface area contributed by atoms with Crippen LogP contribution in [0.25, 0.3) is 21.5 Å². The topological polar surface area (TPSA) is 18.5 Å². The molecule has 0 radical (unpaired) electrons. The van der Waals surface area contributed by atoms with Crippen molar-refractivity contribution in [2.75, 3.05) is 13.2 Å². The Balaban J connectivity index is 2.02. The Morgan fingerprint density at radius 2 is 1.21 bits per heavy atom. The van der Waals surface area contributed by atoms with Gasteiger partial charge in [0.15, 0.2) is 0 Å². The van der Waals surface area contributed by atoms with Crippen LogP contribution in [0.15, 0.2) is 42.5 Å². The number of rotatable bonds is 10. The summed E-state index contributed by atoms with van der Waals surface area (Å²) < 4.78 is 12.7. The lowest BCUT2D eigenvalue weighted by atomic mass is 10.00. The highest BCUT2D eigenvalue weighted by Gasteiger charge is 2.18. The lowest BCUT2D eigenvalue weighted by Gasteiger charge is -2.19. The van der Waals surface area contributed by atoms with Crippen LogP contribution in [0.4, 0.5) is 0 Å². The average molecular weight is 413 g/mol. The third kappa shape index (κ3) is 5.36. The van der Waals surface area contributed by atoms with Gasteiger partial charge in [-0.05, 0) is 43.6 Å². The van der Waals surface area contributed by atoms with Crippen molar-refractivity contribution in [1.29, 1.82) is 0 Å². The Hall–Kier alpha value is -1.93. The number of halogens is 1. The summed E-state index contributed by atoms with van der Waals surface area (Å²) in [6.07, 6.45) is 4.39. The molecule has 0 aliphatic rings. The first-order valence-electron chi connectivity index (χ1n) is 10.9. The molecule has 0 saturated carbocycles. The summed E-state index contributed by atoms with van der Waals surface area (Å²) in [4.78, 5) is 0. The first-order valence-corrected chi connectivity index (χ1v) is 11.2. The van der Waals surface area contributed by atoms with Gasteiger partial charge < -0.3 is 9.47 Å². The van der Waals surface area contributed by atoms with Gasteiger partial charge in [-0.2, -0.15) is 0 Å². The molecule has 0 aromatic heterocycles. The number of ether oxygens (including phenoxy) is 2. The lowest BCUT2D eigenvalue weighted by Crippen LogP contribution is -2.04. The summed E-state index contributed by atoms with van der Waals surface area (Å²) in [5.41, 5.74) is 0. The molecule has 156 valence electrons. The maximum absolute atomic E-state index is 6.67. The smallest absolute Gasteiger partial charge is 0.136 e. The van der Waals surface area contributed by atoms with E-state index in [0.717, 1.165) is 58.7 Å². The molecule has 0 saturated heterocycles. The second-order valence-corrected chi connectivity index (χ2v) is 9.04. The average Bonchev–Trinajstić information content (AvgIpc) is 2.69. The summed E-state index contributed by atoms with van der Waals surface area (Å²) in [5.74, 6) is 3.15. The zero-order valence-corrected chi connectivity index (χ0v) is 18.9. The van der Waals surface area contributed by atoms with Gasteiger partial charge >= 0.3 is 0 Å². The van der Waals surface area contributed by atoms with Crippen LogP contribution in [0, 0.1) is 11.8 Å². The molecule has 3 heteroatoms. The highest BCUT2D eigenvalue weighted by Crippen LogP contribution is 2.45. The van der Waals surface area contributed by atoms with Gasteiger partial charge in [0.25, 0.3) is 0 Å². The van der Waals surface area contributed by atoms with Crippen molar-refractivity contribution in [2.45, 2.75) is 53.4 Å². The van der Waals surface area contributed by atoms with Gasteiger partial charge in [-0.15, -0.1) is 0 Å². The zero-order chi connectivity index (χ0) is 20.8. The Labute approximate surface area is 180 Å². The summed E-state index contributed by atoms with van der Waals surface area (Å²) in [7, 11) is 0. The van der Waals surface area contributed by atoms with Crippen molar-refractivity contribution in [3.63, 3.8) is 0 Å². The zero-order valence-electron chi connectivity index (χ0n) is 18.1. The minimum Gasteiger partial charge on any atom is -0.492 e.